The minimum Gasteiger partial charge on any atom is -0.508 e. The molecule has 4 rings (SSSR count). The molecule has 1 fully saturated rings. The van der Waals surface area contributed by atoms with Gasteiger partial charge in [-0.1, -0.05) is 35.9 Å². The van der Waals surface area contributed by atoms with Crippen LogP contribution in [0.1, 0.15) is 34.3 Å². The van der Waals surface area contributed by atoms with Gasteiger partial charge in [-0.05, 0) is 61.7 Å². The number of phenolic OH excluding ortho intramolecular Hbond substituents is 1. The SMILES string of the molecule is COc1cccc(N(C(=O)c2ccc(C)cc2)C2CCN(Cc3ccc(O)cc3)CC2)c1. The molecule has 0 saturated carbocycles. The Morgan fingerprint density at radius 1 is 1.03 bits per heavy atom. The van der Waals surface area contributed by atoms with Crippen LogP contribution in [0, 0.1) is 6.92 Å². The zero-order chi connectivity index (χ0) is 22.5. The van der Waals surface area contributed by atoms with Crippen molar-refractivity contribution in [3.8, 4) is 11.5 Å². The Morgan fingerprint density at radius 2 is 1.72 bits per heavy atom. The lowest BCUT2D eigenvalue weighted by molar-refractivity contribution is 0.0958. The summed E-state index contributed by atoms with van der Waals surface area (Å²) in [6.45, 7) is 4.69. The Bertz CT molecular complexity index is 1040. The van der Waals surface area contributed by atoms with Gasteiger partial charge in [0.15, 0.2) is 0 Å². The van der Waals surface area contributed by atoms with Crippen LogP contribution in [0.25, 0.3) is 0 Å². The van der Waals surface area contributed by atoms with Crippen LogP contribution in [0.5, 0.6) is 11.5 Å². The summed E-state index contributed by atoms with van der Waals surface area (Å²) in [5.74, 6) is 1.06. The number of hydrogen-bond acceptors (Lipinski definition) is 4. The van der Waals surface area contributed by atoms with Gasteiger partial charge in [0.25, 0.3) is 5.91 Å². The number of amides is 1. The standard InChI is InChI=1S/C27H30N2O3/c1-20-6-10-22(11-7-20)27(31)29(24-4-3-5-26(18-24)32-2)23-14-16-28(17-15-23)19-21-8-12-25(30)13-9-21/h3-13,18,23,30H,14-17,19H2,1-2H3. The molecule has 1 amide bonds. The topological polar surface area (TPSA) is 53.0 Å². The first-order chi connectivity index (χ1) is 15.5. The fourth-order valence-electron chi connectivity index (χ4n) is 4.28. The molecule has 1 aliphatic heterocycles. The molecule has 1 aliphatic rings. The van der Waals surface area contributed by atoms with Crippen molar-refractivity contribution >= 4 is 11.6 Å². The molecule has 0 bridgehead atoms. The number of methoxy groups -OCH3 is 1. The number of aryl methyl sites for hydroxylation is 1. The molecule has 0 unspecified atom stereocenters. The van der Waals surface area contributed by atoms with Crippen LogP contribution in [0.2, 0.25) is 0 Å². The maximum absolute atomic E-state index is 13.6. The highest BCUT2D eigenvalue weighted by Gasteiger charge is 2.30. The van der Waals surface area contributed by atoms with Crippen LogP contribution < -0.4 is 9.64 Å². The van der Waals surface area contributed by atoms with Crippen LogP contribution in [-0.4, -0.2) is 42.2 Å². The van der Waals surface area contributed by atoms with Crippen molar-refractivity contribution in [2.45, 2.75) is 32.4 Å². The number of rotatable bonds is 6. The van der Waals surface area contributed by atoms with E-state index in [1.54, 1.807) is 19.2 Å². The van der Waals surface area contributed by atoms with E-state index in [0.29, 0.717) is 5.56 Å². The number of nitrogens with zero attached hydrogens (tertiary/aromatic N) is 2. The Balaban J connectivity index is 1.53. The van der Waals surface area contributed by atoms with E-state index in [4.69, 9.17) is 4.74 Å². The predicted octanol–water partition coefficient (Wildman–Crippen LogP) is 5.02. The van der Waals surface area contributed by atoms with E-state index in [0.717, 1.165) is 49.5 Å². The van der Waals surface area contributed by atoms with E-state index in [9.17, 15) is 9.90 Å². The minimum absolute atomic E-state index is 0.0234. The molecule has 3 aromatic carbocycles. The second-order valence-electron chi connectivity index (χ2n) is 8.42. The van der Waals surface area contributed by atoms with Gasteiger partial charge >= 0.3 is 0 Å². The van der Waals surface area contributed by atoms with E-state index in [2.05, 4.69) is 4.90 Å². The van der Waals surface area contributed by atoms with Crippen molar-refractivity contribution in [1.82, 2.24) is 4.90 Å². The summed E-state index contributed by atoms with van der Waals surface area (Å²) in [5.41, 5.74) is 3.88. The van der Waals surface area contributed by atoms with Crippen molar-refractivity contribution in [3.63, 3.8) is 0 Å². The second-order valence-corrected chi connectivity index (χ2v) is 8.42. The number of hydrogen-bond donors (Lipinski definition) is 1. The number of anilines is 1. The summed E-state index contributed by atoms with van der Waals surface area (Å²) in [6, 6.07) is 23.0. The number of phenols is 1. The van der Waals surface area contributed by atoms with Gasteiger partial charge in [-0.3, -0.25) is 9.69 Å². The summed E-state index contributed by atoms with van der Waals surface area (Å²) in [5, 5.41) is 9.51. The van der Waals surface area contributed by atoms with E-state index in [1.807, 2.05) is 72.5 Å². The summed E-state index contributed by atoms with van der Waals surface area (Å²) in [7, 11) is 1.65. The van der Waals surface area contributed by atoms with Crippen LogP contribution >= 0.6 is 0 Å². The fraction of sp³-hybridized carbons (Fsp3) is 0.296. The Kier molecular flexibility index (Phi) is 6.76. The van der Waals surface area contributed by atoms with Gasteiger partial charge in [0.1, 0.15) is 11.5 Å². The third kappa shape index (κ3) is 5.11. The lowest BCUT2D eigenvalue weighted by Gasteiger charge is -2.38. The van der Waals surface area contributed by atoms with E-state index >= 15 is 0 Å². The molecule has 0 aromatic heterocycles. The molecule has 0 aliphatic carbocycles. The maximum atomic E-state index is 13.6. The molecular formula is C27H30N2O3. The maximum Gasteiger partial charge on any atom is 0.258 e. The fourth-order valence-corrected chi connectivity index (χ4v) is 4.28. The third-order valence-electron chi connectivity index (χ3n) is 6.11. The van der Waals surface area contributed by atoms with Crippen molar-refractivity contribution < 1.29 is 14.6 Å². The van der Waals surface area contributed by atoms with Crippen LogP contribution in [0.15, 0.2) is 72.8 Å². The minimum atomic E-state index is 0.0234. The van der Waals surface area contributed by atoms with Crippen LogP contribution in [0.3, 0.4) is 0 Å². The zero-order valence-corrected chi connectivity index (χ0v) is 18.7. The number of benzene rings is 3. The second kappa shape index (κ2) is 9.88. The first-order valence-corrected chi connectivity index (χ1v) is 11.1. The Hall–Kier alpha value is -3.31. The zero-order valence-electron chi connectivity index (χ0n) is 18.7. The van der Waals surface area contributed by atoms with Crippen molar-refractivity contribution in [2.24, 2.45) is 0 Å². The number of ether oxygens (including phenoxy) is 1. The summed E-state index contributed by atoms with van der Waals surface area (Å²) in [4.78, 5) is 18.0. The highest BCUT2D eigenvalue weighted by Crippen LogP contribution is 2.29. The molecule has 0 radical (unpaired) electrons. The number of carbonyl (C=O) groups is 1. The number of piperidine rings is 1. The van der Waals surface area contributed by atoms with Crippen LogP contribution in [0.4, 0.5) is 5.69 Å². The van der Waals surface area contributed by atoms with Crippen molar-refractivity contribution in [3.05, 3.63) is 89.5 Å². The molecule has 3 aromatic rings. The van der Waals surface area contributed by atoms with Crippen molar-refractivity contribution in [2.75, 3.05) is 25.1 Å². The third-order valence-corrected chi connectivity index (χ3v) is 6.11. The summed E-state index contributed by atoms with van der Waals surface area (Å²) < 4.78 is 5.42. The normalized spacial score (nSPS) is 14.8. The molecule has 1 heterocycles. The molecule has 0 atom stereocenters. The average molecular weight is 431 g/mol. The summed E-state index contributed by atoms with van der Waals surface area (Å²) >= 11 is 0. The number of likely N-dealkylation sites (tertiary alicyclic amines) is 1. The van der Waals surface area contributed by atoms with E-state index < -0.39 is 0 Å². The molecule has 32 heavy (non-hydrogen) atoms. The molecule has 1 saturated heterocycles. The van der Waals surface area contributed by atoms with Gasteiger partial charge in [-0.2, -0.15) is 0 Å². The average Bonchev–Trinajstić information content (AvgIpc) is 2.82. The smallest absolute Gasteiger partial charge is 0.258 e. The van der Waals surface area contributed by atoms with Gasteiger partial charge < -0.3 is 14.7 Å². The van der Waals surface area contributed by atoms with E-state index in [1.165, 1.54) is 5.56 Å². The number of aromatic hydroxyl groups is 1. The first-order valence-electron chi connectivity index (χ1n) is 11.1. The van der Waals surface area contributed by atoms with Gasteiger partial charge in [0.2, 0.25) is 0 Å². The Labute approximate surface area is 189 Å². The van der Waals surface area contributed by atoms with E-state index in [-0.39, 0.29) is 17.7 Å². The van der Waals surface area contributed by atoms with Gasteiger partial charge in [0.05, 0.1) is 7.11 Å². The molecule has 5 nitrogen and oxygen atoms in total. The van der Waals surface area contributed by atoms with Gasteiger partial charge in [-0.25, -0.2) is 0 Å². The molecule has 0 spiro atoms. The lowest BCUT2D eigenvalue weighted by atomic mass is 10.00. The first kappa shape index (κ1) is 21.9. The van der Waals surface area contributed by atoms with Gasteiger partial charge in [0, 0.05) is 43.0 Å². The monoisotopic (exact) mass is 430 g/mol. The lowest BCUT2D eigenvalue weighted by Crippen LogP contribution is -2.47. The largest absolute Gasteiger partial charge is 0.508 e. The molecular weight excluding hydrogens is 400 g/mol. The number of carbonyl (C=O) groups excluding carboxylic acids is 1. The molecule has 1 N–H and O–H groups in total. The quantitative estimate of drug-likeness (QED) is 0.597. The Morgan fingerprint density at radius 3 is 2.38 bits per heavy atom. The molecule has 166 valence electrons. The van der Waals surface area contributed by atoms with Crippen molar-refractivity contribution in [1.29, 1.82) is 0 Å². The van der Waals surface area contributed by atoms with Crippen LogP contribution in [-0.2, 0) is 6.54 Å². The highest BCUT2D eigenvalue weighted by molar-refractivity contribution is 6.06. The predicted molar refractivity (Wildman–Crippen MR) is 127 cm³/mol. The molecule has 5 heteroatoms. The van der Waals surface area contributed by atoms with Gasteiger partial charge in [-0.15, -0.1) is 0 Å². The highest BCUT2D eigenvalue weighted by atomic mass is 16.5. The summed E-state index contributed by atoms with van der Waals surface area (Å²) in [6.07, 6.45) is 1.79.